The van der Waals surface area contributed by atoms with Crippen molar-refractivity contribution in [2.24, 2.45) is 0 Å². The topological polar surface area (TPSA) is 41.1 Å². The summed E-state index contributed by atoms with van der Waals surface area (Å²) < 4.78 is 12.6. The minimum Gasteiger partial charge on any atom is -0.344 e. The molecule has 76 valence electrons. The second-order valence-corrected chi connectivity index (χ2v) is 2.95. The first kappa shape index (κ1) is 10.4. The molecule has 0 saturated carbocycles. The van der Waals surface area contributed by atoms with E-state index >= 15 is 0 Å². The minimum absolute atomic E-state index is 0.465. The number of aryl methyl sites for hydroxylation is 1. The first-order valence-electron chi connectivity index (χ1n) is 4.21. The van der Waals surface area contributed by atoms with E-state index in [0.29, 0.717) is 16.6 Å². The average molecular weight is 196 g/mol. The van der Waals surface area contributed by atoms with Crippen molar-refractivity contribution in [3.8, 4) is 0 Å². The lowest BCUT2D eigenvalue weighted by molar-refractivity contribution is 0.108. The molecule has 5 heteroatoms. The fourth-order valence-electron chi connectivity index (χ4n) is 0.734. The first-order chi connectivity index (χ1) is 6.59. The van der Waals surface area contributed by atoms with Gasteiger partial charge in [-0.2, -0.15) is 0 Å². The molecule has 0 radical (unpaired) electrons. The van der Waals surface area contributed by atoms with Gasteiger partial charge in [0.25, 0.3) is 0 Å². The average Bonchev–Trinajstić information content (AvgIpc) is 2.16. The maximum atomic E-state index is 12.6. The van der Waals surface area contributed by atoms with Crippen LogP contribution in [-0.4, -0.2) is 22.1 Å². The van der Waals surface area contributed by atoms with Gasteiger partial charge in [0.05, 0.1) is 23.8 Å². The van der Waals surface area contributed by atoms with Gasteiger partial charge in [-0.1, -0.05) is 0 Å². The van der Waals surface area contributed by atoms with Crippen molar-refractivity contribution in [1.29, 1.82) is 0 Å². The van der Waals surface area contributed by atoms with Crippen molar-refractivity contribution in [2.45, 2.75) is 13.8 Å². The van der Waals surface area contributed by atoms with Crippen molar-refractivity contribution < 1.29 is 4.48 Å². The molecule has 0 unspecified atom stereocenters. The Morgan fingerprint density at radius 2 is 2.21 bits per heavy atom. The molecule has 1 aromatic rings. The van der Waals surface area contributed by atoms with Gasteiger partial charge < -0.3 is 5.32 Å². The van der Waals surface area contributed by atoms with E-state index in [1.165, 1.54) is 13.2 Å². The third-order valence-electron chi connectivity index (χ3n) is 1.70. The summed E-state index contributed by atoms with van der Waals surface area (Å²) >= 11 is 0. The maximum Gasteiger partial charge on any atom is 0.148 e. The number of nitrogens with zero attached hydrogens (tertiary/aromatic N) is 3. The highest BCUT2D eigenvalue weighted by Crippen LogP contribution is 2.03. The fourth-order valence-corrected chi connectivity index (χ4v) is 0.734. The van der Waals surface area contributed by atoms with Crippen LogP contribution in [0.1, 0.15) is 12.6 Å². The summed E-state index contributed by atoms with van der Waals surface area (Å²) in [5, 5.41) is 3.36. The Hall–Kier alpha value is -1.65. The Kier molecular flexibility index (Phi) is 3.39. The Balaban J connectivity index is 2.62. The van der Waals surface area contributed by atoms with Crippen molar-refractivity contribution in [2.75, 3.05) is 12.4 Å². The van der Waals surface area contributed by atoms with E-state index in [1.54, 1.807) is 19.3 Å². The molecule has 0 aliphatic heterocycles. The van der Waals surface area contributed by atoms with Gasteiger partial charge in [0, 0.05) is 13.2 Å². The van der Waals surface area contributed by atoms with Crippen molar-refractivity contribution in [3.63, 3.8) is 0 Å². The number of hydrogen-bond acceptors (Lipinski definition) is 4. The second kappa shape index (κ2) is 4.55. The zero-order valence-electron chi connectivity index (χ0n) is 8.45. The van der Waals surface area contributed by atoms with Crippen LogP contribution in [0.2, 0.25) is 0 Å². The standard InChI is InChI=1S/C9H13FN4/c1-7-4-12-9(6-11-7)13-5-8(2)14(3)10/h4-6H,1-3H3,(H,12,13)/b8-5-. The van der Waals surface area contributed by atoms with Crippen LogP contribution in [0, 0.1) is 6.92 Å². The van der Waals surface area contributed by atoms with Crippen LogP contribution in [0.5, 0.6) is 0 Å². The Labute approximate surface area is 82.4 Å². The molecule has 0 atom stereocenters. The SMILES string of the molecule is C/C(=C/Nc1cnc(C)cn1)N(C)F. The molecule has 1 rings (SSSR count). The van der Waals surface area contributed by atoms with Crippen molar-refractivity contribution >= 4 is 5.82 Å². The lowest BCUT2D eigenvalue weighted by Crippen LogP contribution is -2.05. The Bertz CT molecular complexity index is 318. The summed E-state index contributed by atoms with van der Waals surface area (Å²) in [4.78, 5) is 8.09. The zero-order valence-corrected chi connectivity index (χ0v) is 8.45. The van der Waals surface area contributed by atoms with Gasteiger partial charge in [-0.25, -0.2) is 10.1 Å². The summed E-state index contributed by atoms with van der Waals surface area (Å²) in [6.45, 7) is 3.50. The summed E-state index contributed by atoms with van der Waals surface area (Å²) in [6, 6.07) is 0. The molecule has 1 aromatic heterocycles. The van der Waals surface area contributed by atoms with E-state index in [1.807, 2.05) is 6.92 Å². The molecule has 0 aromatic carbocycles. The third kappa shape index (κ3) is 3.01. The van der Waals surface area contributed by atoms with Crippen LogP contribution in [0.4, 0.5) is 10.3 Å². The monoisotopic (exact) mass is 196 g/mol. The van der Waals surface area contributed by atoms with Gasteiger partial charge in [0.15, 0.2) is 0 Å². The van der Waals surface area contributed by atoms with E-state index < -0.39 is 0 Å². The van der Waals surface area contributed by atoms with E-state index in [0.717, 1.165) is 5.69 Å². The molecule has 0 bridgehead atoms. The second-order valence-electron chi connectivity index (χ2n) is 2.95. The number of anilines is 1. The molecule has 0 saturated heterocycles. The summed E-state index contributed by atoms with van der Waals surface area (Å²) in [5.74, 6) is 0.594. The van der Waals surface area contributed by atoms with E-state index in [2.05, 4.69) is 15.3 Å². The lowest BCUT2D eigenvalue weighted by Gasteiger charge is -2.07. The largest absolute Gasteiger partial charge is 0.344 e. The van der Waals surface area contributed by atoms with E-state index in [4.69, 9.17) is 0 Å². The van der Waals surface area contributed by atoms with E-state index in [-0.39, 0.29) is 0 Å². The quantitative estimate of drug-likeness (QED) is 0.749. The molecular formula is C9H13FN4. The summed E-state index contributed by atoms with van der Waals surface area (Å²) in [5.41, 5.74) is 1.31. The van der Waals surface area contributed by atoms with Crippen LogP contribution in [0.15, 0.2) is 24.3 Å². The number of allylic oxidation sites excluding steroid dienone is 1. The van der Waals surface area contributed by atoms with Crippen molar-refractivity contribution in [3.05, 3.63) is 30.0 Å². The van der Waals surface area contributed by atoms with Crippen LogP contribution in [-0.2, 0) is 0 Å². The Morgan fingerprint density at radius 3 is 2.71 bits per heavy atom. The first-order valence-corrected chi connectivity index (χ1v) is 4.21. The minimum atomic E-state index is 0.465. The normalized spacial score (nSPS) is 11.3. The third-order valence-corrected chi connectivity index (χ3v) is 1.70. The lowest BCUT2D eigenvalue weighted by atomic mass is 10.5. The molecule has 0 aliphatic rings. The van der Waals surface area contributed by atoms with Gasteiger partial charge >= 0.3 is 0 Å². The van der Waals surface area contributed by atoms with Gasteiger partial charge in [-0.15, -0.1) is 4.48 Å². The number of hydrogen-bond donors (Lipinski definition) is 1. The molecule has 1 heterocycles. The van der Waals surface area contributed by atoms with Gasteiger partial charge in [-0.05, 0) is 13.8 Å². The molecule has 0 amide bonds. The summed E-state index contributed by atoms with van der Waals surface area (Å²) in [7, 11) is 1.33. The highest BCUT2D eigenvalue weighted by atomic mass is 19.2. The predicted octanol–water partition coefficient (Wildman–Crippen LogP) is 1.87. The number of rotatable bonds is 3. The molecular weight excluding hydrogens is 183 g/mol. The van der Waals surface area contributed by atoms with Crippen LogP contribution in [0.25, 0.3) is 0 Å². The highest BCUT2D eigenvalue weighted by Gasteiger charge is 1.95. The van der Waals surface area contributed by atoms with Gasteiger partial charge in [0.2, 0.25) is 0 Å². The van der Waals surface area contributed by atoms with E-state index in [9.17, 15) is 4.48 Å². The molecule has 4 nitrogen and oxygen atoms in total. The van der Waals surface area contributed by atoms with Crippen molar-refractivity contribution in [1.82, 2.24) is 15.1 Å². The summed E-state index contributed by atoms with van der Waals surface area (Å²) in [6.07, 6.45) is 4.77. The van der Waals surface area contributed by atoms with Crippen LogP contribution < -0.4 is 5.32 Å². The van der Waals surface area contributed by atoms with Crippen LogP contribution in [0.3, 0.4) is 0 Å². The van der Waals surface area contributed by atoms with Crippen LogP contribution >= 0.6 is 0 Å². The molecule has 0 aliphatic carbocycles. The number of halogens is 1. The van der Waals surface area contributed by atoms with Gasteiger partial charge in [-0.3, -0.25) is 4.98 Å². The number of aromatic nitrogens is 2. The molecule has 1 N–H and O–H groups in total. The number of nitrogens with one attached hydrogen (secondary N) is 1. The zero-order chi connectivity index (χ0) is 10.6. The smallest absolute Gasteiger partial charge is 0.148 e. The maximum absolute atomic E-state index is 12.6. The molecule has 14 heavy (non-hydrogen) atoms. The molecule has 0 fully saturated rings. The predicted molar refractivity (Wildman–Crippen MR) is 53.0 cm³/mol. The Morgan fingerprint density at radius 1 is 1.50 bits per heavy atom. The highest BCUT2D eigenvalue weighted by molar-refractivity contribution is 5.35. The fraction of sp³-hybridized carbons (Fsp3) is 0.333. The van der Waals surface area contributed by atoms with Gasteiger partial charge in [0.1, 0.15) is 5.82 Å². The molecule has 0 spiro atoms.